The van der Waals surface area contributed by atoms with Crippen LogP contribution in [0.5, 0.6) is 5.88 Å². The summed E-state index contributed by atoms with van der Waals surface area (Å²) in [5.74, 6) is 0.852. The fourth-order valence-electron chi connectivity index (χ4n) is 3.60. The molecule has 3 heterocycles. The number of aliphatic hydroxyl groups is 1. The minimum Gasteiger partial charge on any atom is -0.473 e. The van der Waals surface area contributed by atoms with Crippen molar-refractivity contribution in [2.45, 2.75) is 44.4 Å². The second-order valence-electron chi connectivity index (χ2n) is 8.17. The van der Waals surface area contributed by atoms with Crippen molar-refractivity contribution < 1.29 is 19.4 Å². The quantitative estimate of drug-likeness (QED) is 0.481. The van der Waals surface area contributed by atoms with E-state index in [1.165, 1.54) is 0 Å². The smallest absolute Gasteiger partial charge is 0.320 e. The van der Waals surface area contributed by atoms with Gasteiger partial charge in [0, 0.05) is 25.1 Å². The molecule has 9 nitrogen and oxygen atoms in total. The van der Waals surface area contributed by atoms with Gasteiger partial charge in [0.1, 0.15) is 11.9 Å². The van der Waals surface area contributed by atoms with E-state index < -0.39 is 17.7 Å². The third-order valence-electron chi connectivity index (χ3n) is 5.22. The number of ether oxygens (including phenoxy) is 2. The number of amides is 2. The summed E-state index contributed by atoms with van der Waals surface area (Å²) in [5, 5.41) is 24.0. The summed E-state index contributed by atoms with van der Waals surface area (Å²) in [6.07, 6.45) is 3.34. The third-order valence-corrected chi connectivity index (χ3v) is 5.22. The lowest BCUT2D eigenvalue weighted by atomic mass is 9.92. The summed E-state index contributed by atoms with van der Waals surface area (Å²) in [4.78, 5) is 16.9. The van der Waals surface area contributed by atoms with Gasteiger partial charge in [0.15, 0.2) is 0 Å². The Morgan fingerprint density at radius 1 is 1.29 bits per heavy atom. The number of hydrogen-bond acceptors (Lipinski definition) is 6. The number of hydrogen-bond donors (Lipinski definition) is 4. The molecule has 4 rings (SSSR count). The minimum atomic E-state index is -1.16. The number of anilines is 1. The maximum atomic E-state index is 12.6. The first kappa shape index (κ1) is 21.1. The molecule has 0 bridgehead atoms. The minimum absolute atomic E-state index is 0.0700. The Hall–Kier alpha value is -3.17. The number of aromatic nitrogens is 3. The normalized spacial score (nSPS) is 16.1. The van der Waals surface area contributed by atoms with Crippen LogP contribution < -0.4 is 15.4 Å². The third kappa shape index (κ3) is 5.12. The van der Waals surface area contributed by atoms with Crippen LogP contribution in [0, 0.1) is 0 Å². The molecule has 0 radical (unpaired) electrons. The Morgan fingerprint density at radius 3 is 2.74 bits per heavy atom. The van der Waals surface area contributed by atoms with Gasteiger partial charge in [-0.05, 0) is 19.4 Å². The van der Waals surface area contributed by atoms with Gasteiger partial charge in [-0.15, -0.1) is 5.10 Å². The average molecular weight is 425 g/mol. The van der Waals surface area contributed by atoms with Crippen LogP contribution >= 0.6 is 0 Å². The first-order chi connectivity index (χ1) is 14.9. The predicted molar refractivity (Wildman–Crippen MR) is 116 cm³/mol. The van der Waals surface area contributed by atoms with Crippen molar-refractivity contribution in [1.82, 2.24) is 20.5 Å². The first-order valence-corrected chi connectivity index (χ1v) is 10.3. The molecule has 164 valence electrons. The highest BCUT2D eigenvalue weighted by Gasteiger charge is 2.30. The van der Waals surface area contributed by atoms with Gasteiger partial charge >= 0.3 is 6.03 Å². The number of pyridine rings is 1. The molecule has 4 N–H and O–H groups in total. The Bertz CT molecular complexity index is 1030. The van der Waals surface area contributed by atoms with Gasteiger partial charge in [-0.25, -0.2) is 9.78 Å². The van der Waals surface area contributed by atoms with Gasteiger partial charge in [0.05, 0.1) is 35.8 Å². The molecule has 31 heavy (non-hydrogen) atoms. The highest BCUT2D eigenvalue weighted by Crippen LogP contribution is 2.27. The number of benzene rings is 1. The van der Waals surface area contributed by atoms with Crippen molar-refractivity contribution in [3.63, 3.8) is 0 Å². The second kappa shape index (κ2) is 8.91. The Balaban J connectivity index is 1.44. The molecule has 0 spiro atoms. The molecule has 1 saturated heterocycles. The largest absolute Gasteiger partial charge is 0.473 e. The van der Waals surface area contributed by atoms with Crippen LogP contribution in [0.1, 0.15) is 38.3 Å². The van der Waals surface area contributed by atoms with E-state index in [2.05, 4.69) is 25.8 Å². The van der Waals surface area contributed by atoms with E-state index in [1.54, 1.807) is 26.1 Å². The maximum absolute atomic E-state index is 12.6. The van der Waals surface area contributed by atoms with Gasteiger partial charge in [-0.2, -0.15) is 0 Å². The maximum Gasteiger partial charge on any atom is 0.320 e. The molecule has 1 aliphatic rings. The van der Waals surface area contributed by atoms with Gasteiger partial charge in [0.2, 0.25) is 5.88 Å². The molecule has 1 fully saturated rings. The number of nitrogens with one attached hydrogen (secondary N) is 3. The van der Waals surface area contributed by atoms with Gasteiger partial charge in [0.25, 0.3) is 0 Å². The Morgan fingerprint density at radius 2 is 2.03 bits per heavy atom. The lowest BCUT2D eigenvalue weighted by Gasteiger charge is -2.30. The molecular formula is C22H27N5O4. The average Bonchev–Trinajstić information content (AvgIpc) is 3.14. The number of nitrogens with zero attached hydrogens (tertiary/aromatic N) is 2. The van der Waals surface area contributed by atoms with Crippen molar-refractivity contribution in [3.8, 4) is 5.88 Å². The summed E-state index contributed by atoms with van der Waals surface area (Å²) in [6, 6.07) is 9.96. The molecule has 0 aliphatic carbocycles. The number of aromatic amines is 1. The zero-order valence-electron chi connectivity index (χ0n) is 17.6. The molecular weight excluding hydrogens is 398 g/mol. The van der Waals surface area contributed by atoms with E-state index in [4.69, 9.17) is 9.47 Å². The van der Waals surface area contributed by atoms with Crippen LogP contribution in [-0.2, 0) is 4.74 Å². The molecule has 1 aliphatic heterocycles. The molecule has 1 aromatic carbocycles. The van der Waals surface area contributed by atoms with Crippen molar-refractivity contribution in [2.24, 2.45) is 0 Å². The van der Waals surface area contributed by atoms with Crippen molar-refractivity contribution >= 4 is 22.8 Å². The Labute approximate surface area is 180 Å². The number of H-pyrrole nitrogens is 1. The summed E-state index contributed by atoms with van der Waals surface area (Å²) in [7, 11) is 0. The van der Waals surface area contributed by atoms with Crippen LogP contribution in [0.25, 0.3) is 10.9 Å². The molecule has 1 atom stereocenters. The first-order valence-electron chi connectivity index (χ1n) is 10.3. The van der Waals surface area contributed by atoms with E-state index in [-0.39, 0.29) is 6.10 Å². The van der Waals surface area contributed by atoms with Gasteiger partial charge < -0.3 is 19.9 Å². The topological polar surface area (TPSA) is 121 Å². The summed E-state index contributed by atoms with van der Waals surface area (Å²) >= 11 is 0. The van der Waals surface area contributed by atoms with E-state index in [1.807, 2.05) is 30.3 Å². The monoisotopic (exact) mass is 425 g/mol. The number of carbonyl (C=O) groups excluding carboxylic acids is 1. The van der Waals surface area contributed by atoms with Crippen LogP contribution in [0.4, 0.5) is 10.6 Å². The molecule has 3 aromatic rings. The summed E-state index contributed by atoms with van der Waals surface area (Å²) in [6.45, 7) is 4.67. The number of fused-ring (bicyclic) bond motifs is 1. The van der Waals surface area contributed by atoms with Crippen molar-refractivity contribution in [1.29, 1.82) is 0 Å². The van der Waals surface area contributed by atoms with E-state index in [0.717, 1.165) is 23.8 Å². The highest BCUT2D eigenvalue weighted by atomic mass is 16.5. The summed E-state index contributed by atoms with van der Waals surface area (Å²) in [5.41, 5.74) is 0.349. The van der Waals surface area contributed by atoms with Crippen LogP contribution in [-0.4, -0.2) is 51.2 Å². The molecule has 2 aromatic heterocycles. The molecule has 9 heteroatoms. The standard InChI is InChI=1S/C22H27N5O4/c1-22(2,29)19(14-6-4-3-5-7-14)25-21(28)24-18-12-17-16(13-23-18)20(27-26-17)31-15-8-10-30-11-9-15/h3-7,12-13,15,19,29H,8-11H2,1-2H3,(H,26,27)(H2,23,24,25,28). The van der Waals surface area contributed by atoms with E-state index >= 15 is 0 Å². The zero-order valence-corrected chi connectivity index (χ0v) is 17.6. The zero-order chi connectivity index (χ0) is 21.8. The lowest BCUT2D eigenvalue weighted by molar-refractivity contribution is 0.0243. The fourth-order valence-corrected chi connectivity index (χ4v) is 3.60. The fraction of sp³-hybridized carbons (Fsp3) is 0.409. The van der Waals surface area contributed by atoms with Crippen molar-refractivity contribution in [3.05, 3.63) is 48.2 Å². The van der Waals surface area contributed by atoms with Crippen LogP contribution in [0.2, 0.25) is 0 Å². The van der Waals surface area contributed by atoms with Gasteiger partial charge in [-0.1, -0.05) is 30.3 Å². The highest BCUT2D eigenvalue weighted by molar-refractivity contribution is 5.92. The second-order valence-corrected chi connectivity index (χ2v) is 8.17. The van der Waals surface area contributed by atoms with Crippen LogP contribution in [0.3, 0.4) is 0 Å². The van der Waals surface area contributed by atoms with Crippen molar-refractivity contribution in [2.75, 3.05) is 18.5 Å². The van der Waals surface area contributed by atoms with E-state index in [0.29, 0.717) is 30.4 Å². The number of urea groups is 1. The van der Waals surface area contributed by atoms with E-state index in [9.17, 15) is 9.90 Å². The molecule has 1 unspecified atom stereocenters. The molecule has 2 amide bonds. The molecule has 0 saturated carbocycles. The number of carbonyl (C=O) groups is 1. The SMILES string of the molecule is CC(C)(O)C(NC(=O)Nc1cc2[nH]nc(OC3CCOCC3)c2cn1)c1ccccc1. The summed E-state index contributed by atoms with van der Waals surface area (Å²) < 4.78 is 11.3. The van der Waals surface area contributed by atoms with Crippen LogP contribution in [0.15, 0.2) is 42.6 Å². The Kier molecular flexibility index (Phi) is 6.06. The number of rotatable bonds is 6. The van der Waals surface area contributed by atoms with Gasteiger partial charge in [-0.3, -0.25) is 10.4 Å². The lowest BCUT2D eigenvalue weighted by Crippen LogP contribution is -2.43. The predicted octanol–water partition coefficient (Wildman–Crippen LogP) is 3.15.